The van der Waals surface area contributed by atoms with Crippen molar-refractivity contribution < 1.29 is 14.3 Å². The molecular weight excluding hydrogens is 359 g/mol. The topological polar surface area (TPSA) is 68.3 Å². The van der Waals surface area contributed by atoms with Crippen LogP contribution in [0.15, 0.2) is 0 Å². The van der Waals surface area contributed by atoms with Gasteiger partial charge in [-0.15, -0.1) is 0 Å². The number of hydrogen-bond acceptors (Lipinski definition) is 5. The maximum absolute atomic E-state index is 12.4. The fourth-order valence-electron chi connectivity index (χ4n) is 1.71. The Morgan fingerprint density at radius 3 is 2.39 bits per heavy atom. The zero-order chi connectivity index (χ0) is 17.8. The van der Waals surface area contributed by atoms with E-state index in [4.69, 9.17) is 27.9 Å². The van der Waals surface area contributed by atoms with Gasteiger partial charge in [-0.25, -0.2) is 4.79 Å². The van der Waals surface area contributed by atoms with Crippen molar-refractivity contribution >= 4 is 46.6 Å². The summed E-state index contributed by atoms with van der Waals surface area (Å²) in [7, 11) is 0. The molecular formula is C15H22Cl2N2O3S. The molecule has 0 radical (unpaired) electrons. The Hall–Kier alpha value is -0.850. The summed E-state index contributed by atoms with van der Waals surface area (Å²) < 4.78 is 9.43. The van der Waals surface area contributed by atoms with Crippen LogP contribution in [0, 0.1) is 5.92 Å². The molecule has 0 bridgehead atoms. The number of carbonyl (C=O) groups excluding carboxylic acids is 2. The molecule has 0 aliphatic heterocycles. The van der Waals surface area contributed by atoms with E-state index in [1.165, 1.54) is 0 Å². The number of carbonyl (C=O) groups is 2. The molecule has 0 fully saturated rings. The van der Waals surface area contributed by atoms with Crippen molar-refractivity contribution in [2.75, 3.05) is 0 Å². The Morgan fingerprint density at radius 1 is 1.35 bits per heavy atom. The van der Waals surface area contributed by atoms with Gasteiger partial charge in [0.05, 0.1) is 0 Å². The van der Waals surface area contributed by atoms with Gasteiger partial charge in [-0.05, 0) is 44.1 Å². The lowest BCUT2D eigenvalue weighted by Crippen LogP contribution is -2.49. The summed E-state index contributed by atoms with van der Waals surface area (Å²) in [6.07, 6.45) is 0.270. The number of hydrogen-bond donors (Lipinski definition) is 1. The molecule has 1 aromatic heterocycles. The Kier molecular flexibility index (Phi) is 7.29. The standard InChI is InChI=1S/C15H22Cl2N2O3S/c1-6-15(4,5)18-13(20)9(7-8(2)3)22-14(21)11-10(16)12(17)23-19-11/h8-9H,6-7H2,1-5H3,(H,18,20)/t9-/m1/s1. The molecule has 130 valence electrons. The number of rotatable bonds is 7. The first-order valence-corrected chi connectivity index (χ1v) is 8.94. The van der Waals surface area contributed by atoms with E-state index in [1.807, 2.05) is 34.6 Å². The predicted octanol–water partition coefficient (Wildman–Crippen LogP) is 4.33. The van der Waals surface area contributed by atoms with Crippen LogP contribution in [-0.4, -0.2) is 27.9 Å². The molecule has 0 unspecified atom stereocenters. The van der Waals surface area contributed by atoms with Crippen molar-refractivity contribution in [1.82, 2.24) is 9.69 Å². The van der Waals surface area contributed by atoms with Crippen LogP contribution in [0.3, 0.4) is 0 Å². The number of nitrogens with one attached hydrogen (secondary N) is 1. The normalized spacial score (nSPS) is 13.0. The van der Waals surface area contributed by atoms with Crippen LogP contribution in [0.1, 0.15) is 57.9 Å². The Bertz CT molecular complexity index is 573. The maximum atomic E-state index is 12.4. The number of ether oxygens (including phenoxy) is 1. The van der Waals surface area contributed by atoms with Gasteiger partial charge < -0.3 is 10.1 Å². The highest BCUT2D eigenvalue weighted by Crippen LogP contribution is 2.30. The lowest BCUT2D eigenvalue weighted by molar-refractivity contribution is -0.132. The second-order valence-electron chi connectivity index (χ2n) is 6.37. The number of esters is 1. The quantitative estimate of drug-likeness (QED) is 0.714. The van der Waals surface area contributed by atoms with Crippen LogP contribution in [0.5, 0.6) is 0 Å². The van der Waals surface area contributed by atoms with Crippen LogP contribution in [0.2, 0.25) is 9.36 Å². The summed E-state index contributed by atoms with van der Waals surface area (Å²) in [4.78, 5) is 24.7. The Labute approximate surface area is 150 Å². The molecule has 1 heterocycles. The zero-order valence-corrected chi connectivity index (χ0v) is 16.2. The summed E-state index contributed by atoms with van der Waals surface area (Å²) >= 11 is 12.6. The molecule has 0 aromatic carbocycles. The third kappa shape index (κ3) is 5.94. The summed E-state index contributed by atoms with van der Waals surface area (Å²) in [5, 5.41) is 2.95. The molecule has 5 nitrogen and oxygen atoms in total. The largest absolute Gasteiger partial charge is 0.447 e. The first-order valence-electron chi connectivity index (χ1n) is 7.41. The molecule has 0 spiro atoms. The minimum absolute atomic E-state index is 0.0549. The molecule has 1 rings (SSSR count). The van der Waals surface area contributed by atoms with Crippen LogP contribution in [-0.2, 0) is 9.53 Å². The first-order chi connectivity index (χ1) is 10.6. The maximum Gasteiger partial charge on any atom is 0.360 e. The Balaban J connectivity index is 2.88. The van der Waals surface area contributed by atoms with Crippen LogP contribution in [0.25, 0.3) is 0 Å². The van der Waals surface area contributed by atoms with E-state index in [-0.39, 0.29) is 32.4 Å². The van der Waals surface area contributed by atoms with E-state index in [0.29, 0.717) is 6.42 Å². The van der Waals surface area contributed by atoms with E-state index in [2.05, 4.69) is 9.69 Å². The smallest absolute Gasteiger partial charge is 0.360 e. The van der Waals surface area contributed by atoms with Crippen molar-refractivity contribution in [3.63, 3.8) is 0 Å². The summed E-state index contributed by atoms with van der Waals surface area (Å²) in [6.45, 7) is 9.70. The van der Waals surface area contributed by atoms with Crippen molar-refractivity contribution in [3.05, 3.63) is 15.1 Å². The van der Waals surface area contributed by atoms with Crippen molar-refractivity contribution in [3.8, 4) is 0 Å². The third-order valence-corrected chi connectivity index (χ3v) is 4.97. The highest BCUT2D eigenvalue weighted by Gasteiger charge is 2.30. The molecule has 0 aliphatic rings. The van der Waals surface area contributed by atoms with Crippen molar-refractivity contribution in [1.29, 1.82) is 0 Å². The highest BCUT2D eigenvalue weighted by atomic mass is 35.5. The van der Waals surface area contributed by atoms with E-state index < -0.39 is 12.1 Å². The second-order valence-corrected chi connectivity index (χ2v) is 8.12. The van der Waals surface area contributed by atoms with Gasteiger partial charge in [-0.2, -0.15) is 4.37 Å². The number of nitrogens with zero attached hydrogens (tertiary/aromatic N) is 1. The number of amides is 1. The Morgan fingerprint density at radius 2 is 1.96 bits per heavy atom. The van der Waals surface area contributed by atoms with Gasteiger partial charge in [-0.3, -0.25) is 4.79 Å². The van der Waals surface area contributed by atoms with E-state index in [1.54, 1.807) is 0 Å². The lowest BCUT2D eigenvalue weighted by atomic mass is 10.00. The van der Waals surface area contributed by atoms with Crippen molar-refractivity contribution in [2.24, 2.45) is 5.92 Å². The molecule has 1 atom stereocenters. The highest BCUT2D eigenvalue weighted by molar-refractivity contribution is 7.11. The van der Waals surface area contributed by atoms with Crippen LogP contribution >= 0.6 is 34.7 Å². The van der Waals surface area contributed by atoms with Gasteiger partial charge >= 0.3 is 5.97 Å². The van der Waals surface area contributed by atoms with Gasteiger partial charge in [0.25, 0.3) is 5.91 Å². The molecule has 1 aromatic rings. The van der Waals surface area contributed by atoms with Crippen molar-refractivity contribution in [2.45, 2.75) is 59.1 Å². The number of aromatic nitrogens is 1. The molecule has 1 amide bonds. The zero-order valence-electron chi connectivity index (χ0n) is 13.9. The first kappa shape index (κ1) is 20.2. The summed E-state index contributed by atoms with van der Waals surface area (Å²) in [6, 6.07) is 0. The van der Waals surface area contributed by atoms with Gasteiger partial charge in [0, 0.05) is 5.54 Å². The van der Waals surface area contributed by atoms with E-state index in [0.717, 1.165) is 18.0 Å². The van der Waals surface area contributed by atoms with Crippen LogP contribution in [0.4, 0.5) is 0 Å². The van der Waals surface area contributed by atoms with E-state index >= 15 is 0 Å². The molecule has 8 heteroatoms. The molecule has 1 N–H and O–H groups in total. The van der Waals surface area contributed by atoms with E-state index in [9.17, 15) is 9.59 Å². The van der Waals surface area contributed by atoms with Gasteiger partial charge in [0.15, 0.2) is 11.8 Å². The lowest BCUT2D eigenvalue weighted by Gasteiger charge is -2.28. The molecule has 0 saturated heterocycles. The molecule has 23 heavy (non-hydrogen) atoms. The third-order valence-electron chi connectivity index (χ3n) is 3.36. The summed E-state index contributed by atoms with van der Waals surface area (Å²) in [5.41, 5.74) is -0.432. The monoisotopic (exact) mass is 380 g/mol. The fourth-order valence-corrected chi connectivity index (χ4v) is 2.69. The van der Waals surface area contributed by atoms with Gasteiger partial charge in [-0.1, -0.05) is 44.0 Å². The predicted molar refractivity (Wildman–Crippen MR) is 93.3 cm³/mol. The SMILES string of the molecule is CCC(C)(C)NC(=O)[C@@H](CC(C)C)OC(=O)c1nsc(Cl)c1Cl. The molecule has 0 aliphatic carbocycles. The number of halogens is 2. The second kappa shape index (κ2) is 8.31. The average molecular weight is 381 g/mol. The minimum Gasteiger partial charge on any atom is -0.447 e. The van der Waals surface area contributed by atoms with Gasteiger partial charge in [0.1, 0.15) is 9.36 Å². The fraction of sp³-hybridized carbons (Fsp3) is 0.667. The summed E-state index contributed by atoms with van der Waals surface area (Å²) in [5.74, 6) is -0.887. The van der Waals surface area contributed by atoms with Crippen LogP contribution < -0.4 is 5.32 Å². The molecule has 0 saturated carbocycles. The minimum atomic E-state index is -0.898. The van der Waals surface area contributed by atoms with Gasteiger partial charge in [0.2, 0.25) is 0 Å². The average Bonchev–Trinajstić information content (AvgIpc) is 2.77.